The second kappa shape index (κ2) is 10.7. The SMILES string of the molecule is Cc1cc(C2=NOC(c3cc(Cl)cc(Cl)c3)(C(F)(F)F)C2)ccc1C(=O)NNC(=O)c1c(F)cccc1I. The van der Waals surface area contributed by atoms with Crippen LogP contribution in [-0.4, -0.2) is 23.7 Å². The highest BCUT2D eigenvalue weighted by Gasteiger charge is 2.62. The lowest BCUT2D eigenvalue weighted by Gasteiger charge is -2.29. The quantitative estimate of drug-likeness (QED) is 0.183. The van der Waals surface area contributed by atoms with E-state index in [9.17, 15) is 27.2 Å². The van der Waals surface area contributed by atoms with Crippen LogP contribution in [0.2, 0.25) is 10.0 Å². The number of benzene rings is 3. The zero-order valence-electron chi connectivity index (χ0n) is 19.2. The Kier molecular flexibility index (Phi) is 7.91. The molecule has 1 unspecified atom stereocenters. The van der Waals surface area contributed by atoms with Gasteiger partial charge in [-0.25, -0.2) is 4.39 Å². The van der Waals surface area contributed by atoms with Crippen molar-refractivity contribution in [1.29, 1.82) is 0 Å². The van der Waals surface area contributed by atoms with E-state index >= 15 is 0 Å². The highest BCUT2D eigenvalue weighted by Crippen LogP contribution is 2.49. The van der Waals surface area contributed by atoms with Crippen LogP contribution in [0.25, 0.3) is 0 Å². The van der Waals surface area contributed by atoms with Crippen molar-refractivity contribution in [3.8, 4) is 0 Å². The molecule has 0 aliphatic carbocycles. The third kappa shape index (κ3) is 5.45. The average Bonchev–Trinajstić information content (AvgIpc) is 3.29. The van der Waals surface area contributed by atoms with Crippen molar-refractivity contribution < 1.29 is 32.0 Å². The monoisotopic (exact) mass is 679 g/mol. The van der Waals surface area contributed by atoms with Crippen LogP contribution in [0.5, 0.6) is 0 Å². The molecule has 6 nitrogen and oxygen atoms in total. The number of rotatable bonds is 4. The lowest BCUT2D eigenvalue weighted by atomic mass is 9.86. The maximum Gasteiger partial charge on any atom is 0.435 e. The summed E-state index contributed by atoms with van der Waals surface area (Å²) in [5, 5.41) is 3.72. The number of halogens is 7. The molecule has 1 aliphatic heterocycles. The molecule has 3 aromatic rings. The van der Waals surface area contributed by atoms with E-state index in [-0.39, 0.29) is 32.4 Å². The van der Waals surface area contributed by atoms with Crippen LogP contribution in [0.4, 0.5) is 17.6 Å². The number of carbonyl (C=O) groups is 2. The number of oxime groups is 1. The Morgan fingerprint density at radius 1 is 1.03 bits per heavy atom. The van der Waals surface area contributed by atoms with Crippen molar-refractivity contribution in [3.63, 3.8) is 0 Å². The summed E-state index contributed by atoms with van der Waals surface area (Å²) < 4.78 is 57.0. The molecule has 0 saturated heterocycles. The molecule has 3 aromatic carbocycles. The van der Waals surface area contributed by atoms with Crippen LogP contribution in [0.15, 0.2) is 59.8 Å². The van der Waals surface area contributed by atoms with Gasteiger partial charge < -0.3 is 4.84 Å². The molecule has 0 spiro atoms. The molecule has 2 amide bonds. The Morgan fingerprint density at radius 2 is 1.68 bits per heavy atom. The van der Waals surface area contributed by atoms with Gasteiger partial charge in [0, 0.05) is 31.2 Å². The molecule has 0 saturated carbocycles. The van der Waals surface area contributed by atoms with E-state index in [2.05, 4.69) is 16.0 Å². The summed E-state index contributed by atoms with van der Waals surface area (Å²) in [6, 6.07) is 11.9. The highest BCUT2D eigenvalue weighted by molar-refractivity contribution is 14.1. The van der Waals surface area contributed by atoms with Crippen molar-refractivity contribution in [2.24, 2.45) is 5.16 Å². The van der Waals surface area contributed by atoms with Gasteiger partial charge in [-0.05, 0) is 83.1 Å². The fraction of sp³-hybridized carbons (Fsp3) is 0.160. The van der Waals surface area contributed by atoms with Gasteiger partial charge >= 0.3 is 6.18 Å². The molecular formula is C25H16Cl2F4IN3O3. The van der Waals surface area contributed by atoms with Crippen LogP contribution in [0.1, 0.15) is 43.8 Å². The van der Waals surface area contributed by atoms with E-state index in [1.807, 2.05) is 0 Å². The first kappa shape index (κ1) is 28.1. The summed E-state index contributed by atoms with van der Waals surface area (Å²) in [5.74, 6) is -2.31. The molecule has 38 heavy (non-hydrogen) atoms. The third-order valence-electron chi connectivity index (χ3n) is 5.80. The van der Waals surface area contributed by atoms with Gasteiger partial charge in [-0.15, -0.1) is 0 Å². The Morgan fingerprint density at radius 3 is 2.29 bits per heavy atom. The summed E-state index contributed by atoms with van der Waals surface area (Å²) in [6.07, 6.45) is -5.51. The molecule has 0 aromatic heterocycles. The first-order valence-corrected chi connectivity index (χ1v) is 12.6. The van der Waals surface area contributed by atoms with E-state index in [0.717, 1.165) is 18.2 Å². The first-order valence-electron chi connectivity index (χ1n) is 10.8. The smallest absolute Gasteiger partial charge is 0.374 e. The Labute approximate surface area is 237 Å². The molecule has 13 heteroatoms. The third-order valence-corrected chi connectivity index (χ3v) is 7.13. The zero-order chi connectivity index (χ0) is 27.8. The molecule has 2 N–H and O–H groups in total. The number of hydrogen-bond donors (Lipinski definition) is 2. The lowest BCUT2D eigenvalue weighted by Crippen LogP contribution is -2.42. The number of aryl methyl sites for hydroxylation is 1. The minimum absolute atomic E-state index is 0.00379. The van der Waals surface area contributed by atoms with Crippen LogP contribution in [0, 0.1) is 16.3 Å². The zero-order valence-corrected chi connectivity index (χ0v) is 22.9. The number of hydrazine groups is 1. The second-order valence-electron chi connectivity index (χ2n) is 8.32. The topological polar surface area (TPSA) is 79.8 Å². The van der Waals surface area contributed by atoms with Crippen LogP contribution in [0.3, 0.4) is 0 Å². The summed E-state index contributed by atoms with van der Waals surface area (Å²) in [6.45, 7) is 1.56. The van der Waals surface area contributed by atoms with Crippen LogP contribution < -0.4 is 10.9 Å². The molecule has 4 rings (SSSR count). The normalized spacial score (nSPS) is 17.0. The number of amides is 2. The number of hydrogen-bond acceptors (Lipinski definition) is 4. The minimum Gasteiger partial charge on any atom is -0.374 e. The standard InChI is InChI=1S/C25H16Cl2F4IN3O3/c1-12-7-13(5-6-17(12)22(36)33-34-23(37)21-18(28)3-2-4-19(21)32)20-11-24(38-35-20,25(29,30)31)14-8-15(26)10-16(27)9-14/h2-10H,11H2,1H3,(H,33,36)(H,34,37). The van der Waals surface area contributed by atoms with Gasteiger partial charge in [0.25, 0.3) is 17.4 Å². The number of alkyl halides is 3. The van der Waals surface area contributed by atoms with E-state index in [4.69, 9.17) is 28.0 Å². The van der Waals surface area contributed by atoms with Crippen molar-refractivity contribution in [1.82, 2.24) is 10.9 Å². The predicted octanol–water partition coefficient (Wildman–Crippen LogP) is 6.70. The fourth-order valence-electron chi connectivity index (χ4n) is 3.90. The Balaban J connectivity index is 1.52. The van der Waals surface area contributed by atoms with Gasteiger partial charge in [-0.2, -0.15) is 13.2 Å². The molecular weight excluding hydrogens is 664 g/mol. The van der Waals surface area contributed by atoms with Gasteiger partial charge in [-0.3, -0.25) is 20.4 Å². The van der Waals surface area contributed by atoms with E-state index in [1.54, 1.807) is 29.5 Å². The molecule has 1 heterocycles. The van der Waals surface area contributed by atoms with Crippen molar-refractivity contribution in [2.75, 3.05) is 0 Å². The largest absolute Gasteiger partial charge is 0.435 e. The van der Waals surface area contributed by atoms with Gasteiger partial charge in [0.05, 0.1) is 11.3 Å². The lowest BCUT2D eigenvalue weighted by molar-refractivity contribution is -0.275. The van der Waals surface area contributed by atoms with Gasteiger partial charge in [0.1, 0.15) is 5.82 Å². The molecule has 0 bridgehead atoms. The van der Waals surface area contributed by atoms with Crippen molar-refractivity contribution >= 4 is 63.3 Å². The molecule has 0 radical (unpaired) electrons. The summed E-state index contributed by atoms with van der Waals surface area (Å²) in [4.78, 5) is 30.0. The van der Waals surface area contributed by atoms with Crippen molar-refractivity contribution in [3.05, 3.63) is 102 Å². The van der Waals surface area contributed by atoms with Crippen LogP contribution >= 0.6 is 45.8 Å². The number of carbonyl (C=O) groups excluding carboxylic acids is 2. The Bertz CT molecular complexity index is 1440. The van der Waals surface area contributed by atoms with Crippen molar-refractivity contribution in [2.45, 2.75) is 25.1 Å². The first-order chi connectivity index (χ1) is 17.8. The maximum absolute atomic E-state index is 14.2. The van der Waals surface area contributed by atoms with E-state index in [1.165, 1.54) is 36.4 Å². The predicted molar refractivity (Wildman–Crippen MR) is 142 cm³/mol. The van der Waals surface area contributed by atoms with E-state index < -0.39 is 35.8 Å². The second-order valence-corrected chi connectivity index (χ2v) is 10.4. The minimum atomic E-state index is -4.85. The number of nitrogens with zero attached hydrogens (tertiary/aromatic N) is 1. The van der Waals surface area contributed by atoms with Gasteiger partial charge in [-0.1, -0.05) is 40.5 Å². The van der Waals surface area contributed by atoms with Crippen LogP contribution in [-0.2, 0) is 10.4 Å². The molecule has 1 aliphatic rings. The van der Waals surface area contributed by atoms with Gasteiger partial charge in [0.2, 0.25) is 0 Å². The van der Waals surface area contributed by atoms with E-state index in [0.29, 0.717) is 14.7 Å². The number of nitrogens with one attached hydrogen (secondary N) is 2. The summed E-state index contributed by atoms with van der Waals surface area (Å²) in [5.41, 5.74) is 1.84. The van der Waals surface area contributed by atoms with Gasteiger partial charge in [0.15, 0.2) is 0 Å². The maximum atomic E-state index is 14.2. The summed E-state index contributed by atoms with van der Waals surface area (Å²) >= 11 is 13.7. The molecule has 0 fully saturated rings. The summed E-state index contributed by atoms with van der Waals surface area (Å²) in [7, 11) is 0. The fourth-order valence-corrected chi connectivity index (χ4v) is 5.14. The molecule has 198 valence electrons. The average molecular weight is 680 g/mol. The Hall–Kier alpha value is -2.90. The highest BCUT2D eigenvalue weighted by atomic mass is 127. The molecule has 1 atom stereocenters.